The van der Waals surface area contributed by atoms with E-state index in [4.69, 9.17) is 11.6 Å². The van der Waals surface area contributed by atoms with Crippen molar-refractivity contribution in [3.63, 3.8) is 0 Å². The van der Waals surface area contributed by atoms with Gasteiger partial charge in [0.2, 0.25) is 11.8 Å². The molecule has 0 unspecified atom stereocenters. The highest BCUT2D eigenvalue weighted by atomic mass is 35.5. The van der Waals surface area contributed by atoms with Crippen molar-refractivity contribution in [1.29, 1.82) is 0 Å². The number of nitrogens with one attached hydrogen (secondary N) is 1. The van der Waals surface area contributed by atoms with Crippen LogP contribution in [0.25, 0.3) is 0 Å². The first kappa shape index (κ1) is 30.6. The van der Waals surface area contributed by atoms with E-state index in [0.717, 1.165) is 4.31 Å². The predicted octanol–water partition coefficient (Wildman–Crippen LogP) is 4.78. The fourth-order valence-corrected chi connectivity index (χ4v) is 5.64. The molecule has 0 aliphatic heterocycles. The number of nitro benzene ring substituents is 1. The number of non-ortho nitro benzene ring substituents is 1. The second kappa shape index (κ2) is 13.4. The average Bonchev–Trinajstić information content (AvgIpc) is 2.92. The van der Waals surface area contributed by atoms with E-state index in [1.54, 1.807) is 63.2 Å². The molecule has 0 radical (unpaired) electrons. The summed E-state index contributed by atoms with van der Waals surface area (Å²) in [5, 5.41) is 14.5. The highest BCUT2D eigenvalue weighted by Crippen LogP contribution is 2.27. The third-order valence-corrected chi connectivity index (χ3v) is 8.08. The minimum Gasteiger partial charge on any atom is -0.352 e. The van der Waals surface area contributed by atoms with Gasteiger partial charge in [0.25, 0.3) is 15.7 Å². The van der Waals surface area contributed by atoms with E-state index in [0.29, 0.717) is 10.6 Å². The quantitative estimate of drug-likeness (QED) is 0.240. The number of sulfonamides is 1. The minimum atomic E-state index is -4.27. The number of halogens is 1. The Kier molecular flexibility index (Phi) is 10.2. The van der Waals surface area contributed by atoms with Crippen molar-refractivity contribution >= 4 is 44.8 Å². The summed E-state index contributed by atoms with van der Waals surface area (Å²) in [7, 11) is -4.27. The number of anilines is 1. The molecule has 0 heterocycles. The molecule has 0 saturated heterocycles. The van der Waals surface area contributed by atoms with E-state index in [1.807, 2.05) is 0 Å². The van der Waals surface area contributed by atoms with Gasteiger partial charge in [0, 0.05) is 29.7 Å². The van der Waals surface area contributed by atoms with Crippen LogP contribution < -0.4 is 9.62 Å². The molecule has 40 heavy (non-hydrogen) atoms. The summed E-state index contributed by atoms with van der Waals surface area (Å²) in [6.07, 6.45) is 0.279. The Morgan fingerprint density at radius 3 is 2.10 bits per heavy atom. The normalized spacial score (nSPS) is 12.0. The topological polar surface area (TPSA) is 130 Å². The summed E-state index contributed by atoms with van der Waals surface area (Å²) in [4.78, 5) is 38.9. The molecule has 0 aliphatic carbocycles. The number of benzene rings is 3. The second-order valence-corrected chi connectivity index (χ2v) is 11.6. The molecule has 0 aliphatic rings. The van der Waals surface area contributed by atoms with Crippen molar-refractivity contribution in [3.8, 4) is 0 Å². The smallest absolute Gasteiger partial charge is 0.269 e. The lowest BCUT2D eigenvalue weighted by molar-refractivity contribution is -0.384. The number of nitro groups is 1. The van der Waals surface area contributed by atoms with Gasteiger partial charge in [-0.25, -0.2) is 8.42 Å². The molecule has 0 spiro atoms. The van der Waals surface area contributed by atoms with Crippen molar-refractivity contribution in [1.82, 2.24) is 10.2 Å². The number of hydrogen-bond acceptors (Lipinski definition) is 6. The van der Waals surface area contributed by atoms with E-state index >= 15 is 0 Å². The third kappa shape index (κ3) is 7.57. The summed E-state index contributed by atoms with van der Waals surface area (Å²) in [6, 6.07) is 18.2. The number of amides is 2. The van der Waals surface area contributed by atoms with E-state index in [1.165, 1.54) is 41.3 Å². The summed E-state index contributed by atoms with van der Waals surface area (Å²) < 4.78 is 28.4. The standard InChI is InChI=1S/C28H31ClN4O6S/c1-4-26(28(35)30-20(2)3)31(18-21-10-12-22(29)13-11-21)27(34)19-32(23-14-16-24(17-15-23)33(36)37)40(38,39)25-8-6-5-7-9-25/h5-17,20,26H,4,18-19H2,1-3H3,(H,30,35)/t26-/m0/s1. The predicted molar refractivity (Wildman–Crippen MR) is 153 cm³/mol. The molecule has 212 valence electrons. The van der Waals surface area contributed by atoms with Gasteiger partial charge in [-0.1, -0.05) is 48.9 Å². The van der Waals surface area contributed by atoms with Crippen LogP contribution in [0.1, 0.15) is 32.8 Å². The van der Waals surface area contributed by atoms with Gasteiger partial charge in [-0.15, -0.1) is 0 Å². The zero-order chi connectivity index (χ0) is 29.4. The molecule has 10 nitrogen and oxygen atoms in total. The van der Waals surface area contributed by atoms with Gasteiger partial charge in [0.1, 0.15) is 12.6 Å². The molecule has 0 saturated carbocycles. The average molecular weight is 587 g/mol. The first-order chi connectivity index (χ1) is 18.9. The number of nitrogens with zero attached hydrogens (tertiary/aromatic N) is 3. The Hall–Kier alpha value is -3.96. The lowest BCUT2D eigenvalue weighted by Gasteiger charge is -2.33. The molecule has 12 heteroatoms. The van der Waals surface area contributed by atoms with Crippen molar-refractivity contribution < 1.29 is 22.9 Å². The second-order valence-electron chi connectivity index (χ2n) is 9.33. The van der Waals surface area contributed by atoms with Crippen LogP contribution in [0.15, 0.2) is 83.8 Å². The molecule has 1 N–H and O–H groups in total. The van der Waals surface area contributed by atoms with Crippen LogP contribution in [0.2, 0.25) is 5.02 Å². The molecular formula is C28H31ClN4O6S. The van der Waals surface area contributed by atoms with Crippen molar-refractivity contribution in [2.45, 2.75) is 50.7 Å². The maximum atomic E-state index is 13.9. The SMILES string of the molecule is CC[C@@H](C(=O)NC(C)C)N(Cc1ccc(Cl)cc1)C(=O)CN(c1ccc([N+](=O)[O-])cc1)S(=O)(=O)c1ccccc1. The van der Waals surface area contributed by atoms with Crippen molar-refractivity contribution in [3.05, 3.63) is 99.6 Å². The molecular weight excluding hydrogens is 556 g/mol. The van der Waals surface area contributed by atoms with Gasteiger partial charge in [-0.05, 0) is 62.2 Å². The lowest BCUT2D eigenvalue weighted by atomic mass is 10.1. The molecule has 3 aromatic rings. The number of hydrogen-bond donors (Lipinski definition) is 1. The highest BCUT2D eigenvalue weighted by molar-refractivity contribution is 7.92. The summed E-state index contributed by atoms with van der Waals surface area (Å²) in [6.45, 7) is 4.76. The van der Waals surface area contributed by atoms with Crippen molar-refractivity contribution in [2.75, 3.05) is 10.8 Å². The maximum Gasteiger partial charge on any atom is 0.269 e. The molecule has 0 fully saturated rings. The van der Waals surface area contributed by atoms with Gasteiger partial charge >= 0.3 is 0 Å². The first-order valence-electron chi connectivity index (χ1n) is 12.6. The van der Waals surface area contributed by atoms with Crippen LogP contribution in [0, 0.1) is 10.1 Å². The van der Waals surface area contributed by atoms with Gasteiger partial charge in [0.15, 0.2) is 0 Å². The van der Waals surface area contributed by atoms with Gasteiger partial charge in [-0.2, -0.15) is 0 Å². The monoisotopic (exact) mass is 586 g/mol. The Morgan fingerprint density at radius 1 is 0.975 bits per heavy atom. The summed E-state index contributed by atoms with van der Waals surface area (Å²) in [5.74, 6) is -0.994. The zero-order valence-corrected chi connectivity index (χ0v) is 23.9. The Bertz CT molecular complexity index is 1430. The fraction of sp³-hybridized carbons (Fsp3) is 0.286. The molecule has 2 amide bonds. The van der Waals surface area contributed by atoms with E-state index in [9.17, 15) is 28.1 Å². The summed E-state index contributed by atoms with van der Waals surface area (Å²) >= 11 is 6.02. The molecule has 1 atom stereocenters. The van der Waals surface area contributed by atoms with E-state index in [2.05, 4.69) is 5.32 Å². The third-order valence-electron chi connectivity index (χ3n) is 6.04. The first-order valence-corrected chi connectivity index (χ1v) is 14.4. The van der Waals surface area contributed by atoms with Crippen LogP contribution >= 0.6 is 11.6 Å². The Balaban J connectivity index is 2.06. The molecule has 0 aromatic heterocycles. The Labute approximate surface area is 238 Å². The largest absolute Gasteiger partial charge is 0.352 e. The van der Waals surface area contributed by atoms with Crippen LogP contribution in [-0.2, 0) is 26.2 Å². The Morgan fingerprint density at radius 2 is 1.57 bits per heavy atom. The van der Waals surface area contributed by atoms with E-state index in [-0.39, 0.29) is 41.2 Å². The summed E-state index contributed by atoms with van der Waals surface area (Å²) in [5.41, 5.74) is 0.531. The number of rotatable bonds is 12. The number of carbonyl (C=O) groups is 2. The van der Waals surface area contributed by atoms with Crippen LogP contribution in [-0.4, -0.2) is 48.7 Å². The van der Waals surface area contributed by atoms with Crippen LogP contribution in [0.5, 0.6) is 0 Å². The fourth-order valence-electron chi connectivity index (χ4n) is 4.08. The van der Waals surface area contributed by atoms with Crippen molar-refractivity contribution in [2.24, 2.45) is 0 Å². The zero-order valence-electron chi connectivity index (χ0n) is 22.4. The maximum absolute atomic E-state index is 13.9. The van der Waals surface area contributed by atoms with Gasteiger partial charge < -0.3 is 10.2 Å². The molecule has 3 rings (SSSR count). The van der Waals surface area contributed by atoms with E-state index < -0.39 is 33.4 Å². The molecule has 0 bridgehead atoms. The van der Waals surface area contributed by atoms with Crippen LogP contribution in [0.4, 0.5) is 11.4 Å². The molecule has 3 aromatic carbocycles. The lowest BCUT2D eigenvalue weighted by Crippen LogP contribution is -2.53. The van der Waals surface area contributed by atoms with Gasteiger partial charge in [0.05, 0.1) is 15.5 Å². The minimum absolute atomic E-state index is 0.0273. The van der Waals surface area contributed by atoms with Crippen LogP contribution in [0.3, 0.4) is 0 Å². The van der Waals surface area contributed by atoms with Gasteiger partial charge in [-0.3, -0.25) is 24.0 Å². The highest BCUT2D eigenvalue weighted by Gasteiger charge is 2.34. The number of carbonyl (C=O) groups excluding carboxylic acids is 2.